The summed E-state index contributed by atoms with van der Waals surface area (Å²) in [6.07, 6.45) is 2.80. The maximum Gasteiger partial charge on any atom is 0.303 e. The summed E-state index contributed by atoms with van der Waals surface area (Å²) >= 11 is 1.65. The SMILES string of the molecule is CC(=O)O[C@@]1(C)C[C@@]1(/C=C/Sc1ccccc1)O[Si](C)(C)C(C)(C)C. The van der Waals surface area contributed by atoms with Gasteiger partial charge < -0.3 is 9.16 Å². The second-order valence-electron chi connectivity index (χ2n) is 8.49. The van der Waals surface area contributed by atoms with Crippen LogP contribution < -0.4 is 0 Å². The molecule has 0 aliphatic heterocycles. The van der Waals surface area contributed by atoms with E-state index in [0.29, 0.717) is 6.42 Å². The molecule has 1 fully saturated rings. The third-order valence-corrected chi connectivity index (χ3v) is 10.6. The quantitative estimate of drug-likeness (QED) is 0.357. The Kier molecular flexibility index (Phi) is 5.62. The molecule has 0 aromatic heterocycles. The van der Waals surface area contributed by atoms with E-state index in [9.17, 15) is 4.79 Å². The van der Waals surface area contributed by atoms with Gasteiger partial charge in [0, 0.05) is 18.2 Å². The predicted molar refractivity (Wildman–Crippen MR) is 107 cm³/mol. The molecule has 2 atom stereocenters. The highest BCUT2D eigenvalue weighted by Crippen LogP contribution is 2.58. The van der Waals surface area contributed by atoms with Crippen LogP contribution in [0.2, 0.25) is 18.1 Å². The van der Waals surface area contributed by atoms with Crippen molar-refractivity contribution in [3.05, 3.63) is 41.8 Å². The van der Waals surface area contributed by atoms with Crippen molar-refractivity contribution in [1.82, 2.24) is 0 Å². The molecule has 1 saturated carbocycles. The summed E-state index contributed by atoms with van der Waals surface area (Å²) in [6.45, 7) is 14.6. The first-order valence-electron chi connectivity index (χ1n) is 8.70. The van der Waals surface area contributed by atoms with E-state index in [-0.39, 0.29) is 11.0 Å². The minimum Gasteiger partial charge on any atom is -0.456 e. The Morgan fingerprint density at radius 2 is 1.84 bits per heavy atom. The Balaban J connectivity index is 2.21. The molecule has 0 N–H and O–H groups in total. The first-order valence-corrected chi connectivity index (χ1v) is 12.5. The van der Waals surface area contributed by atoms with Crippen LogP contribution >= 0.6 is 11.8 Å². The largest absolute Gasteiger partial charge is 0.456 e. The second kappa shape index (κ2) is 6.93. The summed E-state index contributed by atoms with van der Waals surface area (Å²) in [5.74, 6) is -0.257. The molecule has 0 heterocycles. The van der Waals surface area contributed by atoms with Crippen LogP contribution in [-0.4, -0.2) is 25.5 Å². The van der Waals surface area contributed by atoms with Gasteiger partial charge in [-0.2, -0.15) is 0 Å². The molecule has 0 amide bonds. The summed E-state index contributed by atoms with van der Waals surface area (Å²) in [6, 6.07) is 10.2. The minimum atomic E-state index is -2.00. The molecule has 0 spiro atoms. The highest BCUT2D eigenvalue weighted by molar-refractivity contribution is 8.02. The third kappa shape index (κ3) is 4.57. The van der Waals surface area contributed by atoms with Gasteiger partial charge in [0.25, 0.3) is 0 Å². The molecule has 5 heteroatoms. The Morgan fingerprint density at radius 3 is 2.36 bits per heavy atom. The van der Waals surface area contributed by atoms with E-state index >= 15 is 0 Å². The molecule has 25 heavy (non-hydrogen) atoms. The number of hydrogen-bond donors (Lipinski definition) is 0. The first kappa shape index (κ1) is 20.3. The van der Waals surface area contributed by atoms with Gasteiger partial charge in [-0.15, -0.1) is 0 Å². The molecule has 1 aromatic carbocycles. The molecule has 3 nitrogen and oxygen atoms in total. The Morgan fingerprint density at radius 1 is 1.24 bits per heavy atom. The van der Waals surface area contributed by atoms with Gasteiger partial charge in [0.05, 0.1) is 0 Å². The fourth-order valence-corrected chi connectivity index (χ4v) is 4.97. The fraction of sp³-hybridized carbons (Fsp3) is 0.550. The van der Waals surface area contributed by atoms with Gasteiger partial charge in [-0.25, -0.2) is 0 Å². The smallest absolute Gasteiger partial charge is 0.303 e. The Bertz CT molecular complexity index is 651. The zero-order valence-electron chi connectivity index (χ0n) is 16.4. The van der Waals surface area contributed by atoms with Crippen LogP contribution in [0.4, 0.5) is 0 Å². The number of hydrogen-bond acceptors (Lipinski definition) is 4. The summed E-state index contributed by atoms with van der Waals surface area (Å²) in [5, 5.41) is 2.16. The Hall–Kier alpha value is -1.04. The number of esters is 1. The van der Waals surface area contributed by atoms with Gasteiger partial charge >= 0.3 is 5.97 Å². The number of thioether (sulfide) groups is 1. The summed E-state index contributed by atoms with van der Waals surface area (Å²) in [4.78, 5) is 12.7. The van der Waals surface area contributed by atoms with Crippen molar-refractivity contribution in [2.45, 2.75) is 75.3 Å². The number of rotatable bonds is 6. The van der Waals surface area contributed by atoms with Crippen molar-refractivity contribution in [3.8, 4) is 0 Å². The molecule has 1 aromatic rings. The maximum absolute atomic E-state index is 11.5. The van der Waals surface area contributed by atoms with Crippen molar-refractivity contribution < 1.29 is 14.0 Å². The molecular weight excluding hydrogens is 348 g/mol. The lowest BCUT2D eigenvalue weighted by atomic mass is 10.2. The maximum atomic E-state index is 11.5. The van der Waals surface area contributed by atoms with Crippen LogP contribution in [0.3, 0.4) is 0 Å². The molecule has 2 rings (SSSR count). The number of carbonyl (C=O) groups excluding carboxylic acids is 1. The standard InChI is InChI=1S/C20H30O3SSi/c1-16(21)22-19(5)15-20(19,23-25(6,7)18(2,3)4)13-14-24-17-11-9-8-10-12-17/h8-14H,15H2,1-7H3/b14-13+/t19-,20+/m0/s1. The Labute approximate surface area is 157 Å². The predicted octanol–water partition coefficient (Wildman–Crippen LogP) is 5.78. The first-order chi connectivity index (χ1) is 11.4. The summed E-state index contributed by atoms with van der Waals surface area (Å²) < 4.78 is 12.3. The monoisotopic (exact) mass is 378 g/mol. The van der Waals surface area contributed by atoms with Gasteiger partial charge in [0.1, 0.15) is 11.2 Å². The van der Waals surface area contributed by atoms with Gasteiger partial charge in [0.15, 0.2) is 8.32 Å². The third-order valence-electron chi connectivity index (χ3n) is 5.27. The molecule has 0 saturated heterocycles. The van der Waals surface area contributed by atoms with Crippen molar-refractivity contribution in [3.63, 3.8) is 0 Å². The topological polar surface area (TPSA) is 35.5 Å². The zero-order chi connectivity index (χ0) is 18.9. The number of carbonyl (C=O) groups is 1. The molecule has 0 unspecified atom stereocenters. The average molecular weight is 379 g/mol. The normalized spacial score (nSPS) is 26.7. The molecule has 0 radical (unpaired) electrons. The van der Waals surface area contributed by atoms with Crippen LogP contribution in [0.15, 0.2) is 46.7 Å². The van der Waals surface area contributed by atoms with Crippen molar-refractivity contribution >= 4 is 26.0 Å². The molecule has 1 aliphatic rings. The lowest BCUT2D eigenvalue weighted by molar-refractivity contribution is -0.150. The lowest BCUT2D eigenvalue weighted by Crippen LogP contribution is -2.47. The molecule has 138 valence electrons. The van der Waals surface area contributed by atoms with Crippen molar-refractivity contribution in [1.29, 1.82) is 0 Å². The van der Waals surface area contributed by atoms with Crippen LogP contribution in [-0.2, 0) is 14.0 Å². The highest BCUT2D eigenvalue weighted by atomic mass is 32.2. The van der Waals surface area contributed by atoms with Gasteiger partial charge in [0.2, 0.25) is 0 Å². The van der Waals surface area contributed by atoms with Crippen molar-refractivity contribution in [2.24, 2.45) is 0 Å². The van der Waals surface area contributed by atoms with E-state index < -0.39 is 19.5 Å². The van der Waals surface area contributed by atoms with Gasteiger partial charge in [-0.05, 0) is 48.7 Å². The second-order valence-corrected chi connectivity index (χ2v) is 14.2. The van der Waals surface area contributed by atoms with Crippen LogP contribution in [0, 0.1) is 0 Å². The fourth-order valence-electron chi connectivity index (χ4n) is 2.64. The van der Waals surface area contributed by atoms with Crippen LogP contribution in [0.25, 0.3) is 0 Å². The lowest BCUT2D eigenvalue weighted by Gasteiger charge is -2.40. The molecule has 1 aliphatic carbocycles. The molecule has 0 bridgehead atoms. The van der Waals surface area contributed by atoms with Gasteiger partial charge in [-0.3, -0.25) is 4.79 Å². The minimum absolute atomic E-state index is 0.0974. The number of ether oxygens (including phenoxy) is 1. The average Bonchev–Trinajstić information content (AvgIpc) is 2.99. The van der Waals surface area contributed by atoms with E-state index in [1.807, 2.05) is 25.1 Å². The highest BCUT2D eigenvalue weighted by Gasteiger charge is 2.69. The van der Waals surface area contributed by atoms with Crippen LogP contribution in [0.1, 0.15) is 41.0 Å². The van der Waals surface area contributed by atoms with E-state index in [1.54, 1.807) is 11.8 Å². The zero-order valence-corrected chi connectivity index (χ0v) is 18.2. The van der Waals surface area contributed by atoms with Crippen molar-refractivity contribution in [2.75, 3.05) is 0 Å². The van der Waals surface area contributed by atoms with E-state index in [4.69, 9.17) is 9.16 Å². The van der Waals surface area contributed by atoms with Gasteiger partial charge in [-0.1, -0.05) is 50.7 Å². The number of benzene rings is 1. The van der Waals surface area contributed by atoms with Crippen LogP contribution in [0.5, 0.6) is 0 Å². The van der Waals surface area contributed by atoms with E-state index in [0.717, 1.165) is 0 Å². The molecular formula is C20H30O3SSi. The van der Waals surface area contributed by atoms with E-state index in [1.165, 1.54) is 11.8 Å². The summed E-state index contributed by atoms with van der Waals surface area (Å²) in [5.41, 5.74) is -1.11. The van der Waals surface area contributed by atoms with E-state index in [2.05, 4.69) is 57.5 Å². The summed E-state index contributed by atoms with van der Waals surface area (Å²) in [7, 11) is -2.00.